The van der Waals surface area contributed by atoms with Gasteiger partial charge in [0.2, 0.25) is 0 Å². The molecule has 0 radical (unpaired) electrons. The van der Waals surface area contributed by atoms with Crippen LogP contribution in [0.25, 0.3) is 0 Å². The Kier molecular flexibility index (Phi) is 8.34. The van der Waals surface area contributed by atoms with Crippen molar-refractivity contribution in [1.29, 1.82) is 0 Å². The van der Waals surface area contributed by atoms with E-state index in [1.165, 1.54) is 0 Å². The second kappa shape index (κ2) is 8.69. The molecule has 0 bridgehead atoms. The molecule has 0 aromatic carbocycles. The maximum atomic E-state index is 5.87. The second-order valence-corrected chi connectivity index (χ2v) is 4.14. The number of hydrogen-bond donors (Lipinski definition) is 1. The van der Waals surface area contributed by atoms with Crippen LogP contribution in [0, 0.1) is 5.41 Å². The van der Waals surface area contributed by atoms with Gasteiger partial charge in [-0.2, -0.15) is 0 Å². The van der Waals surface area contributed by atoms with Gasteiger partial charge in [0.15, 0.2) is 0 Å². The van der Waals surface area contributed by atoms with Crippen molar-refractivity contribution in [3.8, 4) is 0 Å². The first kappa shape index (κ1) is 14.4. The molecule has 0 unspecified atom stereocenters. The van der Waals surface area contributed by atoms with E-state index in [1.54, 1.807) is 7.11 Å². The summed E-state index contributed by atoms with van der Waals surface area (Å²) in [7, 11) is 1.74. The van der Waals surface area contributed by atoms with Crippen LogP contribution in [0.5, 0.6) is 0 Å². The average molecular weight is 211 g/mol. The van der Waals surface area contributed by atoms with Crippen LogP contribution in [0.1, 0.15) is 32.1 Å². The largest absolute Gasteiger partial charge is 0.385 e. The van der Waals surface area contributed by atoms with Crippen molar-refractivity contribution in [2.75, 3.05) is 20.3 Å². The minimum atomic E-state index is 0.178. The highest BCUT2D eigenvalue weighted by atomic mass is 16.5. The van der Waals surface area contributed by atoms with Gasteiger partial charge >= 0.3 is 0 Å². The monoisotopic (exact) mass is 211 g/mol. The Labute approximate surface area is 94.2 Å². The number of ether oxygens (including phenoxy) is 1. The topological polar surface area (TPSA) is 35.2 Å². The molecule has 0 atom stereocenters. The van der Waals surface area contributed by atoms with Crippen LogP contribution >= 0.6 is 0 Å². The van der Waals surface area contributed by atoms with E-state index in [4.69, 9.17) is 10.5 Å². The summed E-state index contributed by atoms with van der Waals surface area (Å²) >= 11 is 0. The Balaban J connectivity index is 4.07. The van der Waals surface area contributed by atoms with E-state index in [0.717, 1.165) is 38.7 Å². The highest BCUT2D eigenvalue weighted by molar-refractivity contribution is 4.92. The quantitative estimate of drug-likeness (QED) is 0.445. The number of hydrogen-bond acceptors (Lipinski definition) is 2. The predicted octanol–water partition coefficient (Wildman–Crippen LogP) is 2.90. The molecular formula is C13H25NO. The first-order valence-electron chi connectivity index (χ1n) is 5.65. The molecule has 0 heterocycles. The summed E-state index contributed by atoms with van der Waals surface area (Å²) in [6.45, 7) is 9.15. The van der Waals surface area contributed by atoms with Crippen LogP contribution in [0.15, 0.2) is 25.3 Å². The molecule has 0 aromatic rings. The van der Waals surface area contributed by atoms with Crippen LogP contribution in [0.2, 0.25) is 0 Å². The fraction of sp³-hybridized carbons (Fsp3) is 0.692. The molecule has 0 aliphatic heterocycles. The lowest BCUT2D eigenvalue weighted by Gasteiger charge is -2.30. The van der Waals surface area contributed by atoms with Gasteiger partial charge < -0.3 is 10.5 Å². The number of unbranched alkanes of at least 4 members (excludes halogenated alkanes) is 1. The first-order valence-corrected chi connectivity index (χ1v) is 5.65. The Morgan fingerprint density at radius 3 is 2.20 bits per heavy atom. The normalized spacial score (nSPS) is 11.3. The molecule has 2 heteroatoms. The Hall–Kier alpha value is -0.600. The molecule has 0 saturated carbocycles. The van der Waals surface area contributed by atoms with Gasteiger partial charge in [0.1, 0.15) is 0 Å². The molecule has 0 aliphatic carbocycles. The molecule has 0 saturated heterocycles. The summed E-state index contributed by atoms with van der Waals surface area (Å²) in [5.74, 6) is 0. The summed E-state index contributed by atoms with van der Waals surface area (Å²) in [5, 5.41) is 0. The summed E-state index contributed by atoms with van der Waals surface area (Å²) in [5.41, 5.74) is 6.05. The number of nitrogens with two attached hydrogens (primary N) is 1. The Bertz CT molecular complexity index is 167. The molecule has 0 aromatic heterocycles. The van der Waals surface area contributed by atoms with Crippen molar-refractivity contribution in [3.05, 3.63) is 25.3 Å². The molecule has 15 heavy (non-hydrogen) atoms. The maximum Gasteiger partial charge on any atom is 0.0462 e. The van der Waals surface area contributed by atoms with Crippen molar-refractivity contribution in [2.24, 2.45) is 11.1 Å². The molecule has 2 nitrogen and oxygen atoms in total. The number of rotatable bonds is 10. The standard InChI is InChI=1S/C13H25NO/c1-4-8-13(12-14,9-5-2)10-6-7-11-15-3/h4-5H,1-2,6-12,14H2,3H3. The van der Waals surface area contributed by atoms with Crippen molar-refractivity contribution < 1.29 is 4.74 Å². The van der Waals surface area contributed by atoms with E-state index in [-0.39, 0.29) is 5.41 Å². The van der Waals surface area contributed by atoms with E-state index < -0.39 is 0 Å². The number of allylic oxidation sites excluding steroid dienone is 2. The Morgan fingerprint density at radius 1 is 1.20 bits per heavy atom. The molecule has 88 valence electrons. The second-order valence-electron chi connectivity index (χ2n) is 4.14. The van der Waals surface area contributed by atoms with Gasteiger partial charge in [-0.15, -0.1) is 13.2 Å². The smallest absolute Gasteiger partial charge is 0.0462 e. The molecular weight excluding hydrogens is 186 g/mol. The van der Waals surface area contributed by atoms with Gasteiger partial charge in [-0.05, 0) is 37.6 Å². The van der Waals surface area contributed by atoms with E-state index in [0.29, 0.717) is 6.54 Å². The summed E-state index contributed by atoms with van der Waals surface area (Å²) < 4.78 is 5.04. The molecule has 0 rings (SSSR count). The Morgan fingerprint density at radius 2 is 1.80 bits per heavy atom. The van der Waals surface area contributed by atoms with Crippen molar-refractivity contribution in [2.45, 2.75) is 32.1 Å². The average Bonchev–Trinajstić information content (AvgIpc) is 2.25. The summed E-state index contributed by atoms with van der Waals surface area (Å²) in [4.78, 5) is 0. The zero-order valence-corrected chi connectivity index (χ0v) is 10.0. The lowest BCUT2D eigenvalue weighted by atomic mass is 9.77. The molecule has 0 amide bonds. The van der Waals surface area contributed by atoms with Crippen LogP contribution in [-0.4, -0.2) is 20.3 Å². The van der Waals surface area contributed by atoms with Gasteiger partial charge in [0, 0.05) is 13.7 Å². The van der Waals surface area contributed by atoms with Gasteiger partial charge in [-0.25, -0.2) is 0 Å². The minimum Gasteiger partial charge on any atom is -0.385 e. The van der Waals surface area contributed by atoms with E-state index >= 15 is 0 Å². The highest BCUT2D eigenvalue weighted by Gasteiger charge is 2.24. The van der Waals surface area contributed by atoms with Crippen LogP contribution in [-0.2, 0) is 4.74 Å². The lowest BCUT2D eigenvalue weighted by molar-refractivity contribution is 0.182. The minimum absolute atomic E-state index is 0.178. The molecule has 0 spiro atoms. The molecule has 0 fully saturated rings. The van der Waals surface area contributed by atoms with Gasteiger partial charge in [0.25, 0.3) is 0 Å². The maximum absolute atomic E-state index is 5.87. The van der Waals surface area contributed by atoms with E-state index in [2.05, 4.69) is 13.2 Å². The zero-order valence-electron chi connectivity index (χ0n) is 10.0. The van der Waals surface area contributed by atoms with Crippen LogP contribution in [0.4, 0.5) is 0 Å². The summed E-state index contributed by atoms with van der Waals surface area (Å²) in [6.07, 6.45) is 9.27. The van der Waals surface area contributed by atoms with Crippen molar-refractivity contribution in [1.82, 2.24) is 0 Å². The van der Waals surface area contributed by atoms with Gasteiger partial charge in [-0.3, -0.25) is 0 Å². The van der Waals surface area contributed by atoms with E-state index in [9.17, 15) is 0 Å². The first-order chi connectivity index (χ1) is 7.24. The third kappa shape index (κ3) is 5.75. The molecule has 0 aliphatic rings. The number of methoxy groups -OCH3 is 1. The van der Waals surface area contributed by atoms with Gasteiger partial charge in [-0.1, -0.05) is 18.6 Å². The van der Waals surface area contributed by atoms with Gasteiger partial charge in [0.05, 0.1) is 0 Å². The summed E-state index contributed by atoms with van der Waals surface area (Å²) in [6, 6.07) is 0. The SMILES string of the molecule is C=CCC(CN)(CC=C)CCCCOC. The predicted molar refractivity (Wildman–Crippen MR) is 66.8 cm³/mol. The van der Waals surface area contributed by atoms with Crippen LogP contribution < -0.4 is 5.73 Å². The zero-order chi connectivity index (χ0) is 11.6. The fourth-order valence-electron chi connectivity index (χ4n) is 1.91. The van der Waals surface area contributed by atoms with Crippen LogP contribution in [0.3, 0.4) is 0 Å². The van der Waals surface area contributed by atoms with E-state index in [1.807, 2.05) is 12.2 Å². The lowest BCUT2D eigenvalue weighted by Crippen LogP contribution is -2.29. The fourth-order valence-corrected chi connectivity index (χ4v) is 1.91. The molecule has 2 N–H and O–H groups in total. The van der Waals surface area contributed by atoms with Crippen molar-refractivity contribution in [3.63, 3.8) is 0 Å². The third-order valence-corrected chi connectivity index (χ3v) is 2.89. The van der Waals surface area contributed by atoms with Crippen molar-refractivity contribution >= 4 is 0 Å². The highest BCUT2D eigenvalue weighted by Crippen LogP contribution is 2.32. The third-order valence-electron chi connectivity index (χ3n) is 2.89.